The van der Waals surface area contributed by atoms with Crippen LogP contribution in [0.3, 0.4) is 0 Å². The Hall–Kier alpha value is -2.12. The number of aromatic nitrogens is 2. The number of benzene rings is 1. The number of hydrogen-bond acceptors (Lipinski definition) is 5. The van der Waals surface area contributed by atoms with Gasteiger partial charge in [0.2, 0.25) is 5.91 Å². The van der Waals surface area contributed by atoms with E-state index < -0.39 is 0 Å². The van der Waals surface area contributed by atoms with Gasteiger partial charge in [-0.2, -0.15) is 0 Å². The molecule has 28 heavy (non-hydrogen) atoms. The Bertz CT molecular complexity index is 832. The summed E-state index contributed by atoms with van der Waals surface area (Å²) in [6.45, 7) is 4.03. The number of thioether (sulfide) groups is 1. The van der Waals surface area contributed by atoms with Crippen LogP contribution in [0, 0.1) is 0 Å². The Morgan fingerprint density at radius 2 is 2.04 bits per heavy atom. The lowest BCUT2D eigenvalue weighted by Gasteiger charge is -2.38. The van der Waals surface area contributed by atoms with Gasteiger partial charge in [0.05, 0.1) is 5.75 Å². The van der Waals surface area contributed by atoms with Gasteiger partial charge in [0, 0.05) is 36.9 Å². The summed E-state index contributed by atoms with van der Waals surface area (Å²) in [6, 6.07) is 11.8. The van der Waals surface area contributed by atoms with E-state index in [1.165, 1.54) is 23.4 Å². The fraction of sp³-hybridized carbons (Fsp3) is 0.476. The average Bonchev–Trinajstić information content (AvgIpc) is 2.72. The number of aryl methyl sites for hydroxylation is 1. The van der Waals surface area contributed by atoms with Crippen molar-refractivity contribution in [2.45, 2.75) is 43.2 Å². The second-order valence-corrected chi connectivity index (χ2v) is 8.08. The Morgan fingerprint density at radius 1 is 1.29 bits per heavy atom. The first-order valence-corrected chi connectivity index (χ1v) is 10.7. The van der Waals surface area contributed by atoms with Crippen molar-refractivity contribution in [3.05, 3.63) is 58.0 Å². The predicted molar refractivity (Wildman–Crippen MR) is 111 cm³/mol. The average molecular weight is 402 g/mol. The van der Waals surface area contributed by atoms with Gasteiger partial charge in [0.25, 0.3) is 5.56 Å². The molecule has 1 amide bonds. The predicted octanol–water partition coefficient (Wildman–Crippen LogP) is 2.68. The van der Waals surface area contributed by atoms with Crippen LogP contribution < -0.4 is 10.9 Å². The largest absolute Gasteiger partial charge is 0.381 e. The minimum absolute atomic E-state index is 0.0599. The van der Waals surface area contributed by atoms with Gasteiger partial charge < -0.3 is 15.0 Å². The number of aromatic amines is 1. The van der Waals surface area contributed by atoms with Crippen LogP contribution in [0.2, 0.25) is 0 Å². The lowest BCUT2D eigenvalue weighted by molar-refractivity contribution is -0.119. The van der Waals surface area contributed by atoms with E-state index in [0.717, 1.165) is 31.4 Å². The monoisotopic (exact) mass is 401 g/mol. The summed E-state index contributed by atoms with van der Waals surface area (Å²) in [4.78, 5) is 31.3. The van der Waals surface area contributed by atoms with Crippen LogP contribution in [0.15, 0.2) is 46.3 Å². The van der Waals surface area contributed by atoms with Crippen LogP contribution in [0.1, 0.15) is 37.4 Å². The third-order valence-corrected chi connectivity index (χ3v) is 5.95. The van der Waals surface area contributed by atoms with E-state index >= 15 is 0 Å². The second kappa shape index (κ2) is 9.89. The molecule has 0 radical (unpaired) electrons. The first kappa shape index (κ1) is 20.6. The number of hydrogen-bond donors (Lipinski definition) is 2. The molecular formula is C21H27N3O3S. The summed E-state index contributed by atoms with van der Waals surface area (Å²) >= 11 is 1.26. The van der Waals surface area contributed by atoms with E-state index in [-0.39, 0.29) is 22.6 Å². The molecule has 1 saturated heterocycles. The molecular weight excluding hydrogens is 374 g/mol. The smallest absolute Gasteiger partial charge is 0.251 e. The molecule has 3 rings (SSSR count). The number of rotatable bonds is 8. The van der Waals surface area contributed by atoms with Crippen molar-refractivity contribution >= 4 is 17.7 Å². The van der Waals surface area contributed by atoms with Gasteiger partial charge in [-0.1, -0.05) is 55.4 Å². The molecule has 0 saturated carbocycles. The molecule has 0 atom stereocenters. The van der Waals surface area contributed by atoms with Crippen LogP contribution in [0.5, 0.6) is 0 Å². The standard InChI is InChI=1S/C21H27N3O3S/c1-2-6-17-13-18(25)24-20(23-17)28-14-19(26)22-15-21(9-11-27-12-10-21)16-7-4-3-5-8-16/h3-5,7-8,13H,2,6,9-12,14-15H2,1H3,(H,22,26)(H,23,24,25). The lowest BCUT2D eigenvalue weighted by Crippen LogP contribution is -2.45. The summed E-state index contributed by atoms with van der Waals surface area (Å²) in [6.07, 6.45) is 3.45. The third-order valence-electron chi connectivity index (χ3n) is 5.08. The molecule has 2 aromatic rings. The summed E-state index contributed by atoms with van der Waals surface area (Å²) in [5.74, 6) is 0.162. The zero-order chi connectivity index (χ0) is 19.8. The number of carbonyl (C=O) groups excluding carboxylic acids is 1. The Morgan fingerprint density at radius 3 is 2.75 bits per heavy atom. The van der Waals surface area contributed by atoms with Gasteiger partial charge >= 0.3 is 0 Å². The topological polar surface area (TPSA) is 84.1 Å². The number of amides is 1. The van der Waals surface area contributed by atoms with Crippen LogP contribution in [0.4, 0.5) is 0 Å². The van der Waals surface area contributed by atoms with E-state index in [1.54, 1.807) is 0 Å². The number of nitrogens with zero attached hydrogens (tertiary/aromatic N) is 1. The number of nitrogens with one attached hydrogen (secondary N) is 2. The molecule has 6 nitrogen and oxygen atoms in total. The molecule has 7 heteroatoms. The SMILES string of the molecule is CCCc1cc(=O)[nH]c(SCC(=O)NCC2(c3ccccc3)CCOCC2)n1. The van der Waals surface area contributed by atoms with Gasteiger partial charge in [-0.25, -0.2) is 4.98 Å². The Balaban J connectivity index is 1.59. The fourth-order valence-electron chi connectivity index (χ4n) is 3.51. The molecule has 1 aromatic carbocycles. The summed E-state index contributed by atoms with van der Waals surface area (Å²) in [7, 11) is 0. The second-order valence-electron chi connectivity index (χ2n) is 7.12. The molecule has 2 heterocycles. The highest BCUT2D eigenvalue weighted by Crippen LogP contribution is 2.34. The van der Waals surface area contributed by atoms with Crippen molar-refractivity contribution in [1.82, 2.24) is 15.3 Å². The van der Waals surface area contributed by atoms with Crippen molar-refractivity contribution in [1.29, 1.82) is 0 Å². The van der Waals surface area contributed by atoms with Gasteiger partial charge in [-0.3, -0.25) is 9.59 Å². The first-order valence-electron chi connectivity index (χ1n) is 9.74. The van der Waals surface area contributed by atoms with Crippen LogP contribution >= 0.6 is 11.8 Å². The first-order chi connectivity index (χ1) is 13.6. The molecule has 0 aliphatic carbocycles. The molecule has 0 bridgehead atoms. The fourth-order valence-corrected chi connectivity index (χ4v) is 4.23. The van der Waals surface area contributed by atoms with E-state index in [4.69, 9.17) is 4.74 Å². The Kier molecular flexibility index (Phi) is 7.28. The van der Waals surface area contributed by atoms with Gasteiger partial charge in [-0.05, 0) is 24.8 Å². The zero-order valence-corrected chi connectivity index (χ0v) is 17.0. The van der Waals surface area contributed by atoms with Gasteiger partial charge in [-0.15, -0.1) is 0 Å². The molecule has 150 valence electrons. The van der Waals surface area contributed by atoms with Crippen molar-refractivity contribution < 1.29 is 9.53 Å². The van der Waals surface area contributed by atoms with Gasteiger partial charge in [0.1, 0.15) is 0 Å². The lowest BCUT2D eigenvalue weighted by atomic mass is 9.74. The van der Waals surface area contributed by atoms with E-state index in [1.807, 2.05) is 25.1 Å². The zero-order valence-electron chi connectivity index (χ0n) is 16.2. The van der Waals surface area contributed by atoms with Gasteiger partial charge in [0.15, 0.2) is 5.16 Å². The van der Waals surface area contributed by atoms with Crippen LogP contribution in [-0.4, -0.2) is 41.4 Å². The van der Waals surface area contributed by atoms with E-state index in [2.05, 4.69) is 27.4 Å². The molecule has 1 aliphatic rings. The number of H-pyrrole nitrogens is 1. The van der Waals surface area contributed by atoms with Crippen molar-refractivity contribution in [2.75, 3.05) is 25.5 Å². The normalized spacial score (nSPS) is 15.9. The highest BCUT2D eigenvalue weighted by Gasteiger charge is 2.34. The molecule has 0 spiro atoms. The highest BCUT2D eigenvalue weighted by atomic mass is 32.2. The van der Waals surface area contributed by atoms with E-state index in [0.29, 0.717) is 24.9 Å². The van der Waals surface area contributed by atoms with E-state index in [9.17, 15) is 9.59 Å². The molecule has 0 unspecified atom stereocenters. The highest BCUT2D eigenvalue weighted by molar-refractivity contribution is 7.99. The van der Waals surface area contributed by atoms with Crippen molar-refractivity contribution in [3.63, 3.8) is 0 Å². The van der Waals surface area contributed by atoms with Crippen molar-refractivity contribution in [3.8, 4) is 0 Å². The maximum absolute atomic E-state index is 12.4. The number of ether oxygens (including phenoxy) is 1. The molecule has 1 aliphatic heterocycles. The van der Waals surface area contributed by atoms with Crippen molar-refractivity contribution in [2.24, 2.45) is 0 Å². The molecule has 1 aromatic heterocycles. The Labute approximate surface area is 169 Å². The summed E-state index contributed by atoms with van der Waals surface area (Å²) in [5.41, 5.74) is 1.74. The third kappa shape index (κ3) is 5.45. The molecule has 2 N–H and O–H groups in total. The molecule has 1 fully saturated rings. The summed E-state index contributed by atoms with van der Waals surface area (Å²) < 4.78 is 5.54. The maximum Gasteiger partial charge on any atom is 0.251 e. The van der Waals surface area contributed by atoms with Crippen LogP contribution in [0.25, 0.3) is 0 Å². The summed E-state index contributed by atoms with van der Waals surface area (Å²) in [5, 5.41) is 3.58. The quantitative estimate of drug-likeness (QED) is 0.525. The minimum atomic E-state index is -0.174. The minimum Gasteiger partial charge on any atom is -0.381 e. The van der Waals surface area contributed by atoms with Crippen LogP contribution in [-0.2, 0) is 21.4 Å². The number of carbonyl (C=O) groups is 1. The maximum atomic E-state index is 12.4.